The molecule has 2 saturated heterocycles. The fourth-order valence-corrected chi connectivity index (χ4v) is 5.73. The van der Waals surface area contributed by atoms with Crippen molar-refractivity contribution in [2.24, 2.45) is 5.41 Å². The van der Waals surface area contributed by atoms with Crippen LogP contribution >= 0.6 is 0 Å². The zero-order valence-electron chi connectivity index (χ0n) is 23.5. The lowest BCUT2D eigenvalue weighted by Crippen LogP contribution is -2.53. The molecule has 10 heteroatoms. The van der Waals surface area contributed by atoms with E-state index in [4.69, 9.17) is 4.74 Å². The second kappa shape index (κ2) is 11.3. The molecule has 1 aromatic heterocycles. The lowest BCUT2D eigenvalue weighted by Gasteiger charge is -2.35. The summed E-state index contributed by atoms with van der Waals surface area (Å²) in [6, 6.07) is 7.00. The first-order valence-electron chi connectivity index (χ1n) is 14.2. The van der Waals surface area contributed by atoms with Crippen molar-refractivity contribution in [1.29, 1.82) is 0 Å². The highest BCUT2D eigenvalue weighted by Gasteiger charge is 2.45. The maximum Gasteiger partial charge on any atom is 0.248 e. The molecule has 2 N–H and O–H groups in total. The van der Waals surface area contributed by atoms with E-state index in [1.165, 1.54) is 16.0 Å². The molecule has 3 aliphatic rings. The lowest BCUT2D eigenvalue weighted by molar-refractivity contribution is -0.144. The number of likely N-dealkylation sites (tertiary alicyclic amines) is 1. The van der Waals surface area contributed by atoms with Gasteiger partial charge in [-0.05, 0) is 36.3 Å². The number of carbonyl (C=O) groups is 2. The van der Waals surface area contributed by atoms with Crippen LogP contribution in [-0.4, -0.2) is 92.8 Å². The average molecular weight is 539 g/mol. The Bertz CT molecular complexity index is 1170. The fourth-order valence-electron chi connectivity index (χ4n) is 5.73. The molecular formula is C29H42N6O4. The number of aryl methyl sites for hydroxylation is 1. The van der Waals surface area contributed by atoms with Crippen molar-refractivity contribution in [3.05, 3.63) is 47.3 Å². The van der Waals surface area contributed by atoms with Crippen LogP contribution in [-0.2, 0) is 20.9 Å². The highest BCUT2D eigenvalue weighted by atomic mass is 16.5. The summed E-state index contributed by atoms with van der Waals surface area (Å²) in [4.78, 5) is 31.1. The lowest BCUT2D eigenvalue weighted by atomic mass is 9.85. The van der Waals surface area contributed by atoms with Gasteiger partial charge in [-0.15, -0.1) is 5.10 Å². The van der Waals surface area contributed by atoms with Gasteiger partial charge in [-0.2, -0.15) is 0 Å². The minimum atomic E-state index is -0.751. The second-order valence-corrected chi connectivity index (χ2v) is 12.5. The Kier molecular flexibility index (Phi) is 8.07. The Morgan fingerprint density at radius 2 is 1.97 bits per heavy atom. The highest BCUT2D eigenvalue weighted by Crippen LogP contribution is 2.40. The van der Waals surface area contributed by atoms with E-state index in [9.17, 15) is 14.7 Å². The van der Waals surface area contributed by atoms with Crippen molar-refractivity contribution < 1.29 is 19.4 Å². The molecule has 0 spiro atoms. The van der Waals surface area contributed by atoms with E-state index >= 15 is 0 Å². The van der Waals surface area contributed by atoms with Gasteiger partial charge < -0.3 is 20.1 Å². The Labute approximate surface area is 230 Å². The molecule has 1 aromatic carbocycles. The number of amides is 2. The number of morpholine rings is 1. The summed E-state index contributed by atoms with van der Waals surface area (Å²) in [5.74, 6) is -0.0505. The van der Waals surface area contributed by atoms with Gasteiger partial charge in [0.2, 0.25) is 11.8 Å². The van der Waals surface area contributed by atoms with E-state index < -0.39 is 23.6 Å². The summed E-state index contributed by atoms with van der Waals surface area (Å²) in [6.07, 6.45) is 3.39. The van der Waals surface area contributed by atoms with Crippen LogP contribution in [0.2, 0.25) is 0 Å². The smallest absolute Gasteiger partial charge is 0.248 e. The van der Waals surface area contributed by atoms with E-state index in [-0.39, 0.29) is 30.9 Å². The molecule has 0 bridgehead atoms. The quantitative estimate of drug-likeness (QED) is 0.529. The van der Waals surface area contributed by atoms with Crippen LogP contribution < -0.4 is 5.32 Å². The van der Waals surface area contributed by atoms with E-state index in [2.05, 4.69) is 45.7 Å². The molecule has 2 aromatic rings. The molecule has 39 heavy (non-hydrogen) atoms. The van der Waals surface area contributed by atoms with Gasteiger partial charge in [0.05, 0.1) is 24.5 Å². The highest BCUT2D eigenvalue weighted by molar-refractivity contribution is 5.90. The third-order valence-corrected chi connectivity index (χ3v) is 8.09. The van der Waals surface area contributed by atoms with Crippen LogP contribution in [0.15, 0.2) is 30.5 Å². The molecule has 5 rings (SSSR count). The SMILES string of the molecule is Cc1ccccc1CN1CCOC(CNC(=O)[C@@H]2C[C@@H](O)CN2C(=O)[C@@H](n2cc(C3CC3)nn2)C(C)(C)C)C1. The summed E-state index contributed by atoms with van der Waals surface area (Å²) < 4.78 is 7.59. The molecule has 10 nitrogen and oxygen atoms in total. The number of ether oxygens (including phenoxy) is 1. The topological polar surface area (TPSA) is 113 Å². The number of carbonyl (C=O) groups excluding carboxylic acids is 2. The Balaban J connectivity index is 1.21. The van der Waals surface area contributed by atoms with Gasteiger partial charge in [-0.25, -0.2) is 4.68 Å². The number of aromatic nitrogens is 3. The van der Waals surface area contributed by atoms with Gasteiger partial charge in [0.15, 0.2) is 0 Å². The molecule has 3 fully saturated rings. The van der Waals surface area contributed by atoms with Crippen molar-refractivity contribution in [1.82, 2.24) is 30.1 Å². The number of aliphatic hydroxyl groups excluding tert-OH is 1. The zero-order valence-corrected chi connectivity index (χ0v) is 23.5. The van der Waals surface area contributed by atoms with Crippen molar-refractivity contribution in [3.63, 3.8) is 0 Å². The minimum absolute atomic E-state index is 0.123. The molecule has 3 heterocycles. The number of nitrogens with one attached hydrogen (secondary N) is 1. The predicted molar refractivity (Wildman–Crippen MR) is 146 cm³/mol. The van der Waals surface area contributed by atoms with Crippen LogP contribution in [0.5, 0.6) is 0 Å². The maximum atomic E-state index is 13.9. The molecule has 1 saturated carbocycles. The zero-order chi connectivity index (χ0) is 27.7. The summed E-state index contributed by atoms with van der Waals surface area (Å²) >= 11 is 0. The summed E-state index contributed by atoms with van der Waals surface area (Å²) in [5, 5.41) is 22.1. The first-order valence-corrected chi connectivity index (χ1v) is 14.2. The number of aliphatic hydroxyl groups is 1. The van der Waals surface area contributed by atoms with Crippen LogP contribution in [0.25, 0.3) is 0 Å². The van der Waals surface area contributed by atoms with E-state index in [1.807, 2.05) is 33.0 Å². The Hall–Kier alpha value is -2.82. The number of hydrogen-bond donors (Lipinski definition) is 2. The van der Waals surface area contributed by atoms with Gasteiger partial charge >= 0.3 is 0 Å². The predicted octanol–water partition coefficient (Wildman–Crippen LogP) is 2.03. The molecule has 1 aliphatic carbocycles. The molecule has 212 valence electrons. The first kappa shape index (κ1) is 27.7. The number of benzene rings is 1. The largest absolute Gasteiger partial charge is 0.391 e. The van der Waals surface area contributed by atoms with Crippen LogP contribution in [0.3, 0.4) is 0 Å². The van der Waals surface area contributed by atoms with Gasteiger partial charge in [0, 0.05) is 51.3 Å². The number of β-amino-alcohol motifs (C(OH)–C–C–N with tert-alkyl or cyclic N) is 1. The third-order valence-electron chi connectivity index (χ3n) is 8.09. The van der Waals surface area contributed by atoms with Gasteiger partial charge in [-0.1, -0.05) is 50.3 Å². The second-order valence-electron chi connectivity index (χ2n) is 12.5. The van der Waals surface area contributed by atoms with Gasteiger partial charge in [0.25, 0.3) is 0 Å². The van der Waals surface area contributed by atoms with E-state index in [1.54, 1.807) is 4.68 Å². The standard InChI is InChI=1S/C29H42N6O4/c1-19-7-5-6-8-21(19)15-33-11-12-39-23(17-33)14-30-27(37)25-13-22(36)16-34(25)28(38)26(29(2,3)4)35-18-24(31-32-35)20-9-10-20/h5-8,18,20,22-23,25-26,36H,9-17H2,1-4H3,(H,30,37)/t22-,23?,25+,26-/m1/s1. The van der Waals surface area contributed by atoms with Gasteiger partial charge in [-0.3, -0.25) is 14.5 Å². The molecule has 0 radical (unpaired) electrons. The monoisotopic (exact) mass is 538 g/mol. The van der Waals surface area contributed by atoms with Crippen molar-refractivity contribution in [2.75, 3.05) is 32.8 Å². The summed E-state index contributed by atoms with van der Waals surface area (Å²) in [6.45, 7) is 11.6. The molecule has 1 unspecified atom stereocenters. The average Bonchev–Trinajstić information content (AvgIpc) is 3.50. The fraction of sp³-hybridized carbons (Fsp3) is 0.655. The normalized spacial score (nSPS) is 25.1. The van der Waals surface area contributed by atoms with Gasteiger partial charge in [0.1, 0.15) is 12.1 Å². The summed E-state index contributed by atoms with van der Waals surface area (Å²) in [7, 11) is 0. The molecule has 2 amide bonds. The van der Waals surface area contributed by atoms with Crippen LogP contribution in [0.1, 0.15) is 68.8 Å². The molecule has 4 atom stereocenters. The third kappa shape index (κ3) is 6.50. The Morgan fingerprint density at radius 3 is 2.69 bits per heavy atom. The first-order chi connectivity index (χ1) is 18.6. The van der Waals surface area contributed by atoms with E-state index in [0.717, 1.165) is 31.6 Å². The Morgan fingerprint density at radius 1 is 1.21 bits per heavy atom. The number of nitrogens with zero attached hydrogens (tertiary/aromatic N) is 5. The van der Waals surface area contributed by atoms with Crippen molar-refractivity contribution in [2.45, 2.75) is 83.7 Å². The number of rotatable bonds is 8. The number of hydrogen-bond acceptors (Lipinski definition) is 7. The van der Waals surface area contributed by atoms with E-state index in [0.29, 0.717) is 25.6 Å². The minimum Gasteiger partial charge on any atom is -0.391 e. The van der Waals surface area contributed by atoms with Crippen molar-refractivity contribution >= 4 is 11.8 Å². The molecular weight excluding hydrogens is 496 g/mol. The van der Waals surface area contributed by atoms with Crippen LogP contribution in [0.4, 0.5) is 0 Å². The van der Waals surface area contributed by atoms with Crippen molar-refractivity contribution in [3.8, 4) is 0 Å². The van der Waals surface area contributed by atoms with Crippen LogP contribution in [0, 0.1) is 12.3 Å². The summed E-state index contributed by atoms with van der Waals surface area (Å²) in [5.41, 5.74) is 3.01. The maximum absolute atomic E-state index is 13.9. The molecule has 2 aliphatic heterocycles.